The molecule has 17 heavy (non-hydrogen) atoms. The van der Waals surface area contributed by atoms with Crippen LogP contribution in [0.25, 0.3) is 11.4 Å². The normalized spacial score (nSPS) is 9.94. The monoisotopic (exact) mass is 228 g/mol. The smallest absolute Gasteiger partial charge is 0.142 e. The quantitative estimate of drug-likeness (QED) is 0.810. The predicted molar refractivity (Wildman–Crippen MR) is 61.3 cm³/mol. The van der Waals surface area contributed by atoms with Crippen molar-refractivity contribution in [2.24, 2.45) is 0 Å². The first-order valence-electron chi connectivity index (χ1n) is 4.91. The van der Waals surface area contributed by atoms with E-state index in [0.717, 1.165) is 11.8 Å². The van der Waals surface area contributed by atoms with Crippen molar-refractivity contribution in [1.82, 2.24) is 9.97 Å². The highest BCUT2D eigenvalue weighted by molar-refractivity contribution is 5.64. The van der Waals surface area contributed by atoms with Gasteiger partial charge in [0.25, 0.3) is 0 Å². The number of nitrogens with two attached hydrogens (primary N) is 1. The zero-order chi connectivity index (χ0) is 12.4. The van der Waals surface area contributed by atoms with E-state index in [0.29, 0.717) is 17.0 Å². The summed E-state index contributed by atoms with van der Waals surface area (Å²) in [4.78, 5) is 8.04. The van der Waals surface area contributed by atoms with Crippen molar-refractivity contribution in [1.29, 1.82) is 5.26 Å². The molecule has 0 aliphatic heterocycles. The van der Waals surface area contributed by atoms with Gasteiger partial charge in [-0.3, -0.25) is 4.98 Å². The Kier molecular flexibility index (Phi) is 2.71. The molecule has 0 aliphatic rings. The Bertz CT molecular complexity index is 599. The number of hydrogen-bond donors (Lipinski definition) is 1. The molecule has 0 saturated carbocycles. The average Bonchev–Trinajstić information content (AvgIpc) is 2.33. The van der Waals surface area contributed by atoms with Crippen molar-refractivity contribution in [2.45, 2.75) is 6.92 Å². The van der Waals surface area contributed by atoms with Crippen LogP contribution in [0.3, 0.4) is 0 Å². The summed E-state index contributed by atoms with van der Waals surface area (Å²) in [5, 5.41) is 8.81. The number of rotatable bonds is 1. The molecule has 0 fully saturated rings. The third-order valence-corrected chi connectivity index (χ3v) is 2.33. The van der Waals surface area contributed by atoms with E-state index in [1.165, 1.54) is 12.1 Å². The fourth-order valence-electron chi connectivity index (χ4n) is 1.49. The largest absolute Gasteiger partial charge is 0.383 e. The summed E-state index contributed by atoms with van der Waals surface area (Å²) in [6, 6.07) is 6.42. The molecule has 0 aliphatic carbocycles. The minimum Gasteiger partial charge on any atom is -0.383 e. The Morgan fingerprint density at radius 3 is 2.76 bits per heavy atom. The predicted octanol–water partition coefficient (Wildman–Crippen LogP) is 2.04. The number of nitriles is 1. The number of nitrogens with zero attached hydrogens (tertiary/aromatic N) is 3. The summed E-state index contributed by atoms with van der Waals surface area (Å²) in [6.07, 6.45) is 1.12. The van der Waals surface area contributed by atoms with Gasteiger partial charge in [0.1, 0.15) is 17.7 Å². The first-order valence-corrected chi connectivity index (χ1v) is 4.91. The molecule has 4 nitrogen and oxygen atoms in total. The number of aromatic nitrogens is 2. The Hall–Kier alpha value is -2.48. The number of halogens is 1. The van der Waals surface area contributed by atoms with Gasteiger partial charge >= 0.3 is 0 Å². The van der Waals surface area contributed by atoms with Crippen LogP contribution in [-0.2, 0) is 0 Å². The number of pyridine rings is 2. The van der Waals surface area contributed by atoms with Gasteiger partial charge in [0.05, 0.1) is 23.1 Å². The topological polar surface area (TPSA) is 75.6 Å². The Morgan fingerprint density at radius 1 is 1.41 bits per heavy atom. The van der Waals surface area contributed by atoms with Crippen LogP contribution in [0, 0.1) is 24.1 Å². The molecule has 0 radical (unpaired) electrons. The van der Waals surface area contributed by atoms with Gasteiger partial charge < -0.3 is 5.73 Å². The van der Waals surface area contributed by atoms with Crippen molar-refractivity contribution in [3.8, 4) is 17.5 Å². The second-order valence-corrected chi connectivity index (χ2v) is 3.56. The van der Waals surface area contributed by atoms with Gasteiger partial charge in [0, 0.05) is 0 Å². The van der Waals surface area contributed by atoms with Crippen molar-refractivity contribution < 1.29 is 4.39 Å². The van der Waals surface area contributed by atoms with Gasteiger partial charge in [-0.05, 0) is 30.7 Å². The Morgan fingerprint density at radius 2 is 2.18 bits per heavy atom. The lowest BCUT2D eigenvalue weighted by Crippen LogP contribution is -2.00. The summed E-state index contributed by atoms with van der Waals surface area (Å²) in [5.41, 5.74) is 7.82. The molecule has 5 heteroatoms. The molecule has 2 N–H and O–H groups in total. The second-order valence-electron chi connectivity index (χ2n) is 3.56. The zero-order valence-corrected chi connectivity index (χ0v) is 9.11. The molecule has 84 valence electrons. The van der Waals surface area contributed by atoms with Gasteiger partial charge in [0.2, 0.25) is 0 Å². The number of nitrogen functional groups attached to an aromatic ring is 1. The van der Waals surface area contributed by atoms with Crippen LogP contribution in [-0.4, -0.2) is 9.97 Å². The van der Waals surface area contributed by atoms with Gasteiger partial charge in [-0.2, -0.15) is 5.26 Å². The lowest BCUT2D eigenvalue weighted by molar-refractivity contribution is 0.622. The fraction of sp³-hybridized carbons (Fsp3) is 0.0833. The van der Waals surface area contributed by atoms with Gasteiger partial charge in [-0.15, -0.1) is 0 Å². The molecular formula is C12H9FN4. The van der Waals surface area contributed by atoms with Crippen LogP contribution in [0.5, 0.6) is 0 Å². The highest BCUT2D eigenvalue weighted by Gasteiger charge is 2.09. The Balaban J connectivity index is 2.57. The highest BCUT2D eigenvalue weighted by atomic mass is 19.1. The van der Waals surface area contributed by atoms with E-state index in [4.69, 9.17) is 11.0 Å². The maximum Gasteiger partial charge on any atom is 0.142 e. The van der Waals surface area contributed by atoms with Gasteiger partial charge in [0.15, 0.2) is 0 Å². The Labute approximate surface area is 97.6 Å². The number of anilines is 1. The first kappa shape index (κ1) is 11.0. The maximum absolute atomic E-state index is 12.8. The lowest BCUT2D eigenvalue weighted by Gasteiger charge is -2.06. The third-order valence-electron chi connectivity index (χ3n) is 2.33. The van der Waals surface area contributed by atoms with E-state index >= 15 is 0 Å². The molecule has 0 amide bonds. The summed E-state index contributed by atoms with van der Waals surface area (Å²) >= 11 is 0. The molecule has 0 saturated heterocycles. The molecule has 2 heterocycles. The lowest BCUT2D eigenvalue weighted by atomic mass is 10.1. The standard InChI is InChI=1S/C12H9FN4/c1-7-4-8(5-14)12(15)17-11(7)10-3-2-9(13)6-16-10/h2-4,6H,1H3,(H2,15,17). The van der Waals surface area contributed by atoms with Crippen molar-refractivity contribution in [3.05, 3.63) is 41.3 Å². The summed E-state index contributed by atoms with van der Waals surface area (Å²) < 4.78 is 12.8. The van der Waals surface area contributed by atoms with E-state index < -0.39 is 5.82 Å². The fourth-order valence-corrected chi connectivity index (χ4v) is 1.49. The van der Waals surface area contributed by atoms with Crippen LogP contribution < -0.4 is 5.73 Å². The van der Waals surface area contributed by atoms with Crippen molar-refractivity contribution >= 4 is 5.82 Å². The van der Waals surface area contributed by atoms with Crippen molar-refractivity contribution in [2.75, 3.05) is 5.73 Å². The van der Waals surface area contributed by atoms with E-state index in [1.54, 1.807) is 13.0 Å². The molecule has 2 aromatic rings. The summed E-state index contributed by atoms with van der Waals surface area (Å²) in [5.74, 6) is -0.257. The number of aryl methyl sites for hydroxylation is 1. The van der Waals surface area contributed by atoms with Crippen LogP contribution >= 0.6 is 0 Å². The van der Waals surface area contributed by atoms with Crippen LogP contribution in [0.1, 0.15) is 11.1 Å². The second kappa shape index (κ2) is 4.18. The molecule has 2 aromatic heterocycles. The number of hydrogen-bond acceptors (Lipinski definition) is 4. The molecule has 0 bridgehead atoms. The summed E-state index contributed by atoms with van der Waals surface area (Å²) in [7, 11) is 0. The molecular weight excluding hydrogens is 219 g/mol. The van der Waals surface area contributed by atoms with Gasteiger partial charge in [-0.1, -0.05) is 0 Å². The molecule has 0 aromatic carbocycles. The molecule has 0 unspecified atom stereocenters. The van der Waals surface area contributed by atoms with Crippen LogP contribution in [0.15, 0.2) is 24.4 Å². The van der Waals surface area contributed by atoms with E-state index in [-0.39, 0.29) is 5.82 Å². The van der Waals surface area contributed by atoms with Crippen LogP contribution in [0.2, 0.25) is 0 Å². The average molecular weight is 228 g/mol. The van der Waals surface area contributed by atoms with Crippen molar-refractivity contribution in [3.63, 3.8) is 0 Å². The van der Waals surface area contributed by atoms with E-state index in [1.807, 2.05) is 6.07 Å². The highest BCUT2D eigenvalue weighted by Crippen LogP contribution is 2.22. The minimum absolute atomic E-state index is 0.152. The van der Waals surface area contributed by atoms with E-state index in [2.05, 4.69) is 9.97 Å². The SMILES string of the molecule is Cc1cc(C#N)c(N)nc1-c1ccc(F)cn1. The zero-order valence-electron chi connectivity index (χ0n) is 9.11. The third kappa shape index (κ3) is 2.06. The molecule has 0 atom stereocenters. The first-order chi connectivity index (χ1) is 8.11. The maximum atomic E-state index is 12.8. The van der Waals surface area contributed by atoms with Gasteiger partial charge in [-0.25, -0.2) is 9.37 Å². The summed E-state index contributed by atoms with van der Waals surface area (Å²) in [6.45, 7) is 1.80. The molecule has 0 spiro atoms. The molecule has 2 rings (SSSR count). The van der Waals surface area contributed by atoms with E-state index in [9.17, 15) is 4.39 Å². The minimum atomic E-state index is -0.409. The van der Waals surface area contributed by atoms with Crippen LogP contribution in [0.4, 0.5) is 10.2 Å².